The van der Waals surface area contributed by atoms with Crippen molar-refractivity contribution < 1.29 is 4.39 Å². The van der Waals surface area contributed by atoms with Crippen molar-refractivity contribution in [1.82, 2.24) is 14.9 Å². The fourth-order valence-electron chi connectivity index (χ4n) is 2.50. The molecule has 6 heteroatoms. The van der Waals surface area contributed by atoms with Gasteiger partial charge in [-0.15, -0.1) is 0 Å². The standard InChI is InChI=1S/C18H16Br2FN3/c19-15-7-13(8-16(20)9-15)12-24-6-5-23-18(24)11-22-10-14-3-1-2-4-17(14)21/h1-9,22H,10-12H2. The van der Waals surface area contributed by atoms with Crippen LogP contribution in [0, 0.1) is 5.82 Å². The molecule has 0 saturated heterocycles. The molecule has 0 atom stereocenters. The number of aromatic nitrogens is 2. The molecule has 3 nitrogen and oxygen atoms in total. The molecule has 0 aliphatic heterocycles. The van der Waals surface area contributed by atoms with Crippen molar-refractivity contribution in [3.8, 4) is 0 Å². The van der Waals surface area contributed by atoms with Crippen LogP contribution in [0.2, 0.25) is 0 Å². The van der Waals surface area contributed by atoms with Gasteiger partial charge in [0, 0.05) is 40.0 Å². The maximum Gasteiger partial charge on any atom is 0.127 e. The zero-order valence-corrected chi connectivity index (χ0v) is 16.0. The Labute approximate surface area is 157 Å². The first kappa shape index (κ1) is 17.3. The molecule has 0 saturated carbocycles. The van der Waals surface area contributed by atoms with Gasteiger partial charge in [0.05, 0.1) is 6.54 Å². The van der Waals surface area contributed by atoms with Gasteiger partial charge >= 0.3 is 0 Å². The molecule has 0 aliphatic rings. The lowest BCUT2D eigenvalue weighted by Crippen LogP contribution is -2.17. The number of hydrogen-bond acceptors (Lipinski definition) is 2. The van der Waals surface area contributed by atoms with E-state index in [1.807, 2.05) is 18.3 Å². The highest BCUT2D eigenvalue weighted by molar-refractivity contribution is 9.11. The molecular weight excluding hydrogens is 437 g/mol. The summed E-state index contributed by atoms with van der Waals surface area (Å²) in [6.07, 6.45) is 3.74. The molecule has 0 unspecified atom stereocenters. The van der Waals surface area contributed by atoms with Gasteiger partial charge in [0.25, 0.3) is 0 Å². The third-order valence-corrected chi connectivity index (χ3v) is 4.55. The van der Waals surface area contributed by atoms with Crippen LogP contribution in [0.3, 0.4) is 0 Å². The molecule has 0 spiro atoms. The lowest BCUT2D eigenvalue weighted by atomic mass is 10.2. The fourth-order valence-corrected chi connectivity index (χ4v) is 3.89. The minimum atomic E-state index is -0.188. The van der Waals surface area contributed by atoms with Crippen LogP contribution in [-0.2, 0) is 19.6 Å². The number of imidazole rings is 1. The summed E-state index contributed by atoms with van der Waals surface area (Å²) >= 11 is 7.01. The Bertz CT molecular complexity index is 812. The lowest BCUT2D eigenvalue weighted by molar-refractivity contribution is 0.574. The van der Waals surface area contributed by atoms with E-state index < -0.39 is 0 Å². The first-order valence-electron chi connectivity index (χ1n) is 7.51. The van der Waals surface area contributed by atoms with Gasteiger partial charge in [-0.1, -0.05) is 50.1 Å². The zero-order chi connectivity index (χ0) is 16.9. The minimum absolute atomic E-state index is 0.188. The molecule has 0 radical (unpaired) electrons. The van der Waals surface area contributed by atoms with Crippen LogP contribution >= 0.6 is 31.9 Å². The molecule has 0 fully saturated rings. The predicted octanol–water partition coefficient (Wildman–Crippen LogP) is 4.89. The molecule has 1 aromatic heterocycles. The van der Waals surface area contributed by atoms with Crippen LogP contribution in [0.4, 0.5) is 4.39 Å². The van der Waals surface area contributed by atoms with Crippen molar-refractivity contribution in [3.05, 3.63) is 86.6 Å². The number of benzene rings is 2. The van der Waals surface area contributed by atoms with Crippen LogP contribution in [0.15, 0.2) is 63.8 Å². The third kappa shape index (κ3) is 4.53. The van der Waals surface area contributed by atoms with Crippen molar-refractivity contribution in [2.45, 2.75) is 19.6 Å². The number of halogens is 3. The van der Waals surface area contributed by atoms with E-state index >= 15 is 0 Å². The molecule has 1 N–H and O–H groups in total. The van der Waals surface area contributed by atoms with Gasteiger partial charge < -0.3 is 9.88 Å². The van der Waals surface area contributed by atoms with Gasteiger partial charge in [0.2, 0.25) is 0 Å². The maximum absolute atomic E-state index is 13.6. The van der Waals surface area contributed by atoms with Crippen molar-refractivity contribution in [1.29, 1.82) is 0 Å². The summed E-state index contributed by atoms with van der Waals surface area (Å²) in [6, 6.07) is 13.0. The Balaban J connectivity index is 1.64. The van der Waals surface area contributed by atoms with Gasteiger partial charge in [-0.25, -0.2) is 9.37 Å². The molecule has 3 aromatic rings. The Morgan fingerprint density at radius 1 is 1.04 bits per heavy atom. The zero-order valence-electron chi connectivity index (χ0n) is 12.8. The van der Waals surface area contributed by atoms with Crippen LogP contribution in [0.5, 0.6) is 0 Å². The molecular formula is C18H16Br2FN3. The van der Waals surface area contributed by atoms with Gasteiger partial charge in [-0.2, -0.15) is 0 Å². The van der Waals surface area contributed by atoms with Crippen LogP contribution in [-0.4, -0.2) is 9.55 Å². The monoisotopic (exact) mass is 451 g/mol. The minimum Gasteiger partial charge on any atom is -0.329 e. The number of hydrogen-bond donors (Lipinski definition) is 1. The van der Waals surface area contributed by atoms with Crippen molar-refractivity contribution in [2.24, 2.45) is 0 Å². The summed E-state index contributed by atoms with van der Waals surface area (Å²) in [5.74, 6) is 0.731. The summed E-state index contributed by atoms with van der Waals surface area (Å²) in [6.45, 7) is 1.78. The Morgan fingerprint density at radius 3 is 2.54 bits per heavy atom. The summed E-state index contributed by atoms with van der Waals surface area (Å²) in [4.78, 5) is 4.39. The van der Waals surface area contributed by atoms with Gasteiger partial charge in [0.1, 0.15) is 11.6 Å². The van der Waals surface area contributed by atoms with Crippen LogP contribution in [0.25, 0.3) is 0 Å². The number of nitrogens with one attached hydrogen (secondary N) is 1. The average molecular weight is 453 g/mol. The topological polar surface area (TPSA) is 29.9 Å². The van der Waals surface area contributed by atoms with E-state index in [0.717, 1.165) is 21.3 Å². The second-order valence-electron chi connectivity index (χ2n) is 5.44. The van der Waals surface area contributed by atoms with E-state index in [0.29, 0.717) is 18.7 Å². The second-order valence-corrected chi connectivity index (χ2v) is 7.28. The Hall–Kier alpha value is -1.50. The number of rotatable bonds is 6. The lowest BCUT2D eigenvalue weighted by Gasteiger charge is -2.10. The van der Waals surface area contributed by atoms with E-state index in [1.165, 1.54) is 11.6 Å². The summed E-state index contributed by atoms with van der Waals surface area (Å²) in [5.41, 5.74) is 1.83. The average Bonchev–Trinajstić information content (AvgIpc) is 2.95. The SMILES string of the molecule is Fc1ccccc1CNCc1nccn1Cc1cc(Br)cc(Br)c1. The molecule has 2 aromatic carbocycles. The van der Waals surface area contributed by atoms with E-state index in [1.54, 1.807) is 18.3 Å². The Kier molecular flexibility index (Phi) is 5.81. The van der Waals surface area contributed by atoms with Crippen molar-refractivity contribution >= 4 is 31.9 Å². The molecule has 1 heterocycles. The molecule has 24 heavy (non-hydrogen) atoms. The van der Waals surface area contributed by atoms with Gasteiger partial charge in [-0.3, -0.25) is 0 Å². The van der Waals surface area contributed by atoms with Crippen LogP contribution < -0.4 is 5.32 Å². The highest BCUT2D eigenvalue weighted by atomic mass is 79.9. The fraction of sp³-hybridized carbons (Fsp3) is 0.167. The summed E-state index contributed by atoms with van der Waals surface area (Å²) in [5, 5.41) is 3.25. The second kappa shape index (κ2) is 8.05. The highest BCUT2D eigenvalue weighted by Crippen LogP contribution is 2.21. The van der Waals surface area contributed by atoms with Crippen molar-refractivity contribution in [3.63, 3.8) is 0 Å². The molecule has 3 rings (SSSR count). The van der Waals surface area contributed by atoms with E-state index in [4.69, 9.17) is 0 Å². The first-order valence-corrected chi connectivity index (χ1v) is 9.09. The van der Waals surface area contributed by atoms with E-state index in [2.05, 4.69) is 58.9 Å². The van der Waals surface area contributed by atoms with Gasteiger partial charge in [-0.05, 0) is 29.8 Å². The molecule has 0 amide bonds. The number of nitrogens with zero attached hydrogens (tertiary/aromatic N) is 2. The quantitative estimate of drug-likeness (QED) is 0.577. The predicted molar refractivity (Wildman–Crippen MR) is 100 cm³/mol. The normalized spacial score (nSPS) is 11.0. The van der Waals surface area contributed by atoms with E-state index in [-0.39, 0.29) is 5.82 Å². The van der Waals surface area contributed by atoms with E-state index in [9.17, 15) is 4.39 Å². The molecule has 0 bridgehead atoms. The Morgan fingerprint density at radius 2 is 1.79 bits per heavy atom. The summed E-state index contributed by atoms with van der Waals surface area (Å²) < 4.78 is 17.8. The first-order chi connectivity index (χ1) is 11.6. The van der Waals surface area contributed by atoms with Crippen molar-refractivity contribution in [2.75, 3.05) is 0 Å². The highest BCUT2D eigenvalue weighted by Gasteiger charge is 2.06. The molecule has 124 valence electrons. The maximum atomic E-state index is 13.6. The van der Waals surface area contributed by atoms with Gasteiger partial charge in [0.15, 0.2) is 0 Å². The largest absolute Gasteiger partial charge is 0.329 e. The molecule has 0 aliphatic carbocycles. The van der Waals surface area contributed by atoms with Crippen LogP contribution in [0.1, 0.15) is 17.0 Å². The summed E-state index contributed by atoms with van der Waals surface area (Å²) in [7, 11) is 0. The smallest absolute Gasteiger partial charge is 0.127 e. The third-order valence-electron chi connectivity index (χ3n) is 3.63.